The topological polar surface area (TPSA) is 109 Å². The van der Waals surface area contributed by atoms with E-state index in [2.05, 4.69) is 5.32 Å². The van der Waals surface area contributed by atoms with Crippen LogP contribution >= 0.6 is 0 Å². The second-order valence-corrected chi connectivity index (χ2v) is 8.04. The van der Waals surface area contributed by atoms with Crippen LogP contribution in [0, 0.1) is 11.8 Å². The van der Waals surface area contributed by atoms with E-state index in [4.69, 9.17) is 18.6 Å². The zero-order valence-corrected chi connectivity index (χ0v) is 18.8. The molecule has 1 aliphatic rings. The summed E-state index contributed by atoms with van der Waals surface area (Å²) < 4.78 is 22.8. The van der Waals surface area contributed by atoms with Gasteiger partial charge in [-0.1, -0.05) is 19.1 Å². The summed E-state index contributed by atoms with van der Waals surface area (Å²) in [5, 5.41) is 2.82. The van der Waals surface area contributed by atoms with Crippen LogP contribution in [0.3, 0.4) is 0 Å². The van der Waals surface area contributed by atoms with Crippen LogP contribution in [0.25, 0.3) is 11.1 Å². The van der Waals surface area contributed by atoms with Crippen molar-refractivity contribution < 1.29 is 28.2 Å². The molecule has 1 N–H and O–H groups in total. The molecule has 9 heteroatoms. The molecule has 1 amide bonds. The Kier molecular flexibility index (Phi) is 6.39. The molecule has 2 aromatic carbocycles. The fourth-order valence-electron chi connectivity index (χ4n) is 3.76. The fraction of sp³-hybridized carbons (Fsp3) is 0.375. The standard InChI is InChI=1S/C24H26N2O7/c1-14-11-15(14)22(27)25-17-13-21(31-3)20(30-2)12-16(17)23(28)32-10-6-9-26-18-7-4-5-8-19(18)33-24(26)29/h4-5,7-8,12-15H,6,9-11H2,1-3H3,(H,25,27). The van der Waals surface area contributed by atoms with Crippen LogP contribution in [0.4, 0.5) is 5.69 Å². The lowest BCUT2D eigenvalue weighted by Crippen LogP contribution is -2.19. The van der Waals surface area contributed by atoms with Gasteiger partial charge in [-0.05, 0) is 30.9 Å². The number of hydrogen-bond donors (Lipinski definition) is 1. The molecule has 1 saturated carbocycles. The molecular formula is C24H26N2O7. The van der Waals surface area contributed by atoms with Gasteiger partial charge in [0.2, 0.25) is 5.91 Å². The van der Waals surface area contributed by atoms with Crippen molar-refractivity contribution in [1.29, 1.82) is 0 Å². The van der Waals surface area contributed by atoms with Gasteiger partial charge in [0.15, 0.2) is 17.1 Å². The first kappa shape index (κ1) is 22.4. The summed E-state index contributed by atoms with van der Waals surface area (Å²) in [6.45, 7) is 2.41. The van der Waals surface area contributed by atoms with Gasteiger partial charge in [0.05, 0.1) is 37.6 Å². The maximum absolute atomic E-state index is 12.8. The van der Waals surface area contributed by atoms with Crippen LogP contribution in [-0.4, -0.2) is 37.3 Å². The van der Waals surface area contributed by atoms with Crippen LogP contribution < -0.4 is 20.5 Å². The highest BCUT2D eigenvalue weighted by Crippen LogP contribution is 2.40. The average molecular weight is 454 g/mol. The second kappa shape index (κ2) is 9.40. The van der Waals surface area contributed by atoms with Gasteiger partial charge < -0.3 is 23.9 Å². The molecule has 33 heavy (non-hydrogen) atoms. The molecule has 1 heterocycles. The predicted octanol–water partition coefficient (Wildman–Crippen LogP) is 3.45. The third-order valence-corrected chi connectivity index (χ3v) is 5.78. The normalized spacial score (nSPS) is 16.9. The van der Waals surface area contributed by atoms with E-state index in [1.54, 1.807) is 24.3 Å². The Morgan fingerprint density at radius 2 is 1.85 bits per heavy atom. The van der Waals surface area contributed by atoms with Crippen molar-refractivity contribution in [2.45, 2.75) is 26.3 Å². The summed E-state index contributed by atoms with van der Waals surface area (Å²) >= 11 is 0. The van der Waals surface area contributed by atoms with Gasteiger partial charge in [0.1, 0.15) is 0 Å². The number of fused-ring (bicyclic) bond motifs is 1. The van der Waals surface area contributed by atoms with E-state index in [0.717, 1.165) is 6.42 Å². The molecule has 0 spiro atoms. The number of carbonyl (C=O) groups excluding carboxylic acids is 2. The number of aryl methyl sites for hydroxylation is 1. The predicted molar refractivity (Wildman–Crippen MR) is 121 cm³/mol. The van der Waals surface area contributed by atoms with Crippen LogP contribution in [0.15, 0.2) is 45.6 Å². The molecule has 4 rings (SSSR count). The lowest BCUT2D eigenvalue weighted by atomic mass is 10.1. The molecule has 1 aromatic heterocycles. The first-order valence-electron chi connectivity index (χ1n) is 10.7. The quantitative estimate of drug-likeness (QED) is 0.390. The largest absolute Gasteiger partial charge is 0.493 e. The number of nitrogens with zero attached hydrogens (tertiary/aromatic N) is 1. The Morgan fingerprint density at radius 3 is 2.55 bits per heavy atom. The SMILES string of the molecule is COc1cc(NC(=O)C2CC2C)c(C(=O)OCCCn2c(=O)oc3ccccc32)cc1OC. The minimum absolute atomic E-state index is 0.0648. The minimum atomic E-state index is -0.612. The smallest absolute Gasteiger partial charge is 0.419 e. The third-order valence-electron chi connectivity index (χ3n) is 5.78. The van der Waals surface area contributed by atoms with Crippen molar-refractivity contribution in [2.75, 3.05) is 26.1 Å². The molecule has 1 aliphatic carbocycles. The number of para-hydroxylation sites is 2. The summed E-state index contributed by atoms with van der Waals surface area (Å²) in [7, 11) is 2.94. The molecule has 9 nitrogen and oxygen atoms in total. The van der Waals surface area contributed by atoms with Gasteiger partial charge in [-0.2, -0.15) is 0 Å². The summed E-state index contributed by atoms with van der Waals surface area (Å²) in [4.78, 5) is 37.4. The number of esters is 1. The Labute approximate surface area is 190 Å². The summed E-state index contributed by atoms with van der Waals surface area (Å²) in [6, 6.07) is 10.2. The molecule has 0 aliphatic heterocycles. The lowest BCUT2D eigenvalue weighted by Gasteiger charge is -2.15. The number of benzene rings is 2. The van der Waals surface area contributed by atoms with Gasteiger partial charge in [-0.25, -0.2) is 9.59 Å². The second-order valence-electron chi connectivity index (χ2n) is 8.04. The highest BCUT2D eigenvalue weighted by molar-refractivity contribution is 6.03. The van der Waals surface area contributed by atoms with Gasteiger partial charge in [0, 0.05) is 24.6 Å². The molecule has 0 saturated heterocycles. The third kappa shape index (κ3) is 4.72. The Morgan fingerprint density at radius 1 is 1.15 bits per heavy atom. The molecule has 2 unspecified atom stereocenters. The number of carbonyl (C=O) groups is 2. The van der Waals surface area contributed by atoms with E-state index in [9.17, 15) is 14.4 Å². The number of nitrogens with one attached hydrogen (secondary N) is 1. The van der Waals surface area contributed by atoms with Crippen molar-refractivity contribution >= 4 is 28.7 Å². The zero-order chi connectivity index (χ0) is 23.5. The van der Waals surface area contributed by atoms with Crippen molar-refractivity contribution in [2.24, 2.45) is 11.8 Å². The van der Waals surface area contributed by atoms with E-state index in [1.807, 2.05) is 13.0 Å². The van der Waals surface area contributed by atoms with Crippen LogP contribution in [0.5, 0.6) is 11.5 Å². The number of ether oxygens (including phenoxy) is 3. The van der Waals surface area contributed by atoms with Gasteiger partial charge >= 0.3 is 11.7 Å². The maximum atomic E-state index is 12.8. The molecular weight excluding hydrogens is 428 g/mol. The Balaban J connectivity index is 1.45. The van der Waals surface area contributed by atoms with Gasteiger partial charge in [-0.15, -0.1) is 0 Å². The minimum Gasteiger partial charge on any atom is -0.493 e. The molecule has 174 valence electrons. The Bertz CT molecular complexity index is 1240. The molecule has 2 atom stereocenters. The fourth-order valence-corrected chi connectivity index (χ4v) is 3.76. The molecule has 0 bridgehead atoms. The van der Waals surface area contributed by atoms with Crippen molar-refractivity contribution in [3.05, 3.63) is 52.5 Å². The first-order chi connectivity index (χ1) is 15.9. The molecule has 3 aromatic rings. The summed E-state index contributed by atoms with van der Waals surface area (Å²) in [5.41, 5.74) is 1.67. The molecule has 1 fully saturated rings. The first-order valence-corrected chi connectivity index (χ1v) is 10.7. The number of aromatic nitrogens is 1. The Hall–Kier alpha value is -3.75. The zero-order valence-electron chi connectivity index (χ0n) is 18.8. The van der Waals surface area contributed by atoms with Crippen molar-refractivity contribution in [1.82, 2.24) is 4.57 Å². The number of hydrogen-bond acceptors (Lipinski definition) is 7. The van der Waals surface area contributed by atoms with Crippen molar-refractivity contribution in [3.8, 4) is 11.5 Å². The average Bonchev–Trinajstić information content (AvgIpc) is 3.47. The van der Waals surface area contributed by atoms with E-state index in [-0.39, 0.29) is 24.0 Å². The summed E-state index contributed by atoms with van der Waals surface area (Å²) in [5.74, 6) is -0.220. The van der Waals surface area contributed by atoms with Crippen LogP contribution in [0.2, 0.25) is 0 Å². The van der Waals surface area contributed by atoms with Crippen LogP contribution in [-0.2, 0) is 16.1 Å². The highest BCUT2D eigenvalue weighted by atomic mass is 16.5. The van der Waals surface area contributed by atoms with E-state index < -0.39 is 11.7 Å². The monoisotopic (exact) mass is 454 g/mol. The van der Waals surface area contributed by atoms with E-state index >= 15 is 0 Å². The number of oxazole rings is 1. The number of methoxy groups -OCH3 is 2. The number of rotatable bonds is 9. The summed E-state index contributed by atoms with van der Waals surface area (Å²) in [6.07, 6.45) is 1.23. The van der Waals surface area contributed by atoms with E-state index in [1.165, 1.54) is 24.9 Å². The van der Waals surface area contributed by atoms with Gasteiger partial charge in [0.25, 0.3) is 0 Å². The van der Waals surface area contributed by atoms with E-state index in [0.29, 0.717) is 47.2 Å². The van der Waals surface area contributed by atoms with Crippen LogP contribution in [0.1, 0.15) is 30.1 Å². The lowest BCUT2D eigenvalue weighted by molar-refractivity contribution is -0.117. The van der Waals surface area contributed by atoms with Crippen molar-refractivity contribution in [3.63, 3.8) is 0 Å². The highest BCUT2D eigenvalue weighted by Gasteiger charge is 2.39. The number of anilines is 1. The molecule has 0 radical (unpaired) electrons. The number of amides is 1. The van der Waals surface area contributed by atoms with Gasteiger partial charge in [-0.3, -0.25) is 9.36 Å². The maximum Gasteiger partial charge on any atom is 0.419 e.